The molecule has 0 saturated carbocycles. The van der Waals surface area contributed by atoms with Gasteiger partial charge >= 0.3 is 0 Å². The largest absolute Gasteiger partial charge is 0.350 e. The number of halogens is 1. The van der Waals surface area contributed by atoms with Gasteiger partial charge in [0.1, 0.15) is 0 Å². The molecule has 0 unspecified atom stereocenters. The zero-order valence-electron chi connectivity index (χ0n) is 8.94. The molecule has 0 aliphatic carbocycles. The fourth-order valence-electron chi connectivity index (χ4n) is 1.12. The van der Waals surface area contributed by atoms with Crippen molar-refractivity contribution >= 4 is 23.2 Å². The molecule has 0 heterocycles. The lowest BCUT2D eigenvalue weighted by Gasteiger charge is -2.08. The Morgan fingerprint density at radius 3 is 2.81 bits per heavy atom. The first-order valence-electron chi connectivity index (χ1n) is 4.70. The Kier molecular flexibility index (Phi) is 4.17. The van der Waals surface area contributed by atoms with Crippen molar-refractivity contribution < 1.29 is 4.79 Å². The van der Waals surface area contributed by atoms with Gasteiger partial charge in [0.25, 0.3) is 5.91 Å². The highest BCUT2D eigenvalue weighted by atomic mass is 35.5. The number of carbonyl (C=O) groups excluding carboxylic acids is 1. The molecule has 16 heavy (non-hydrogen) atoms. The highest BCUT2D eigenvalue weighted by Crippen LogP contribution is 2.26. The van der Waals surface area contributed by atoms with Crippen LogP contribution in [0.1, 0.15) is 24.2 Å². The first kappa shape index (κ1) is 12.4. The summed E-state index contributed by atoms with van der Waals surface area (Å²) < 4.78 is 0. The number of rotatable bonds is 3. The molecule has 0 saturated heterocycles. The second kappa shape index (κ2) is 5.39. The van der Waals surface area contributed by atoms with Gasteiger partial charge < -0.3 is 5.32 Å². The van der Waals surface area contributed by atoms with Gasteiger partial charge in [0.2, 0.25) is 0 Å². The number of hydrogen-bond acceptors (Lipinski definition) is 2. The van der Waals surface area contributed by atoms with Gasteiger partial charge in [-0.1, -0.05) is 16.7 Å². The van der Waals surface area contributed by atoms with Crippen LogP contribution < -0.4 is 5.32 Å². The van der Waals surface area contributed by atoms with E-state index in [1.807, 2.05) is 13.8 Å². The van der Waals surface area contributed by atoms with E-state index in [9.17, 15) is 4.79 Å². The van der Waals surface area contributed by atoms with E-state index in [1.54, 1.807) is 6.07 Å². The highest BCUT2D eigenvalue weighted by Gasteiger charge is 2.08. The van der Waals surface area contributed by atoms with Crippen LogP contribution in [0.15, 0.2) is 23.3 Å². The van der Waals surface area contributed by atoms with Crippen LogP contribution in [-0.4, -0.2) is 11.9 Å². The molecular weight excluding hydrogens is 228 g/mol. The monoisotopic (exact) mass is 238 g/mol. The summed E-state index contributed by atoms with van der Waals surface area (Å²) >= 11 is 5.79. The van der Waals surface area contributed by atoms with E-state index in [0.29, 0.717) is 10.6 Å². The molecule has 6 heteroatoms. The van der Waals surface area contributed by atoms with Crippen molar-refractivity contribution in [1.29, 1.82) is 0 Å². The first-order valence-corrected chi connectivity index (χ1v) is 5.08. The molecule has 1 aromatic carbocycles. The fourth-order valence-corrected chi connectivity index (χ4v) is 1.28. The van der Waals surface area contributed by atoms with Gasteiger partial charge in [-0.05, 0) is 37.6 Å². The van der Waals surface area contributed by atoms with Gasteiger partial charge in [0.05, 0.1) is 10.7 Å². The number of hydrogen-bond donors (Lipinski definition) is 1. The Balaban J connectivity index is 3.02. The zero-order valence-corrected chi connectivity index (χ0v) is 9.69. The summed E-state index contributed by atoms with van der Waals surface area (Å²) in [6, 6.07) is 4.61. The molecule has 1 aromatic rings. The van der Waals surface area contributed by atoms with Crippen LogP contribution in [0.2, 0.25) is 5.02 Å². The van der Waals surface area contributed by atoms with E-state index in [4.69, 9.17) is 17.1 Å². The predicted octanol–water partition coefficient (Wildman–Crippen LogP) is 3.42. The van der Waals surface area contributed by atoms with Crippen LogP contribution in [0.5, 0.6) is 0 Å². The molecule has 1 N–H and O–H groups in total. The minimum absolute atomic E-state index is 0.0473. The van der Waals surface area contributed by atoms with Crippen molar-refractivity contribution in [3.05, 3.63) is 39.2 Å². The molecule has 84 valence electrons. The van der Waals surface area contributed by atoms with Gasteiger partial charge in [-0.2, -0.15) is 0 Å². The maximum absolute atomic E-state index is 11.6. The third-order valence-electron chi connectivity index (χ3n) is 1.78. The molecule has 5 nitrogen and oxygen atoms in total. The minimum atomic E-state index is -0.221. The molecule has 0 spiro atoms. The average Bonchev–Trinajstić information content (AvgIpc) is 2.20. The third kappa shape index (κ3) is 3.15. The van der Waals surface area contributed by atoms with Crippen LogP contribution in [0, 0.1) is 0 Å². The molecule has 0 radical (unpaired) electrons. The first-order chi connectivity index (χ1) is 7.54. The van der Waals surface area contributed by atoms with Gasteiger partial charge in [0, 0.05) is 16.5 Å². The van der Waals surface area contributed by atoms with E-state index in [2.05, 4.69) is 15.3 Å². The summed E-state index contributed by atoms with van der Waals surface area (Å²) in [7, 11) is 0. The Labute approximate surface area is 98.0 Å². The van der Waals surface area contributed by atoms with Crippen LogP contribution in [0.3, 0.4) is 0 Å². The Morgan fingerprint density at radius 1 is 1.56 bits per heavy atom. The molecule has 0 bridgehead atoms. The third-order valence-corrected chi connectivity index (χ3v) is 2.10. The number of azide groups is 1. The molecule has 0 aromatic heterocycles. The van der Waals surface area contributed by atoms with Gasteiger partial charge in [0.15, 0.2) is 0 Å². The standard InChI is InChI=1S/C10H11ClN4O/c1-6(2)13-10(16)7-3-4-8(11)9(5-7)14-15-12/h3-6H,1-2H3,(H,13,16). The van der Waals surface area contributed by atoms with Crippen molar-refractivity contribution in [2.45, 2.75) is 19.9 Å². The smallest absolute Gasteiger partial charge is 0.251 e. The lowest BCUT2D eigenvalue weighted by atomic mass is 10.2. The fraction of sp³-hybridized carbons (Fsp3) is 0.300. The van der Waals surface area contributed by atoms with Crippen LogP contribution in [0.4, 0.5) is 5.69 Å². The second-order valence-electron chi connectivity index (χ2n) is 3.48. The molecule has 0 aliphatic heterocycles. The topological polar surface area (TPSA) is 77.9 Å². The van der Waals surface area contributed by atoms with Crippen molar-refractivity contribution in [3.8, 4) is 0 Å². The van der Waals surface area contributed by atoms with Crippen molar-refractivity contribution in [2.75, 3.05) is 0 Å². The molecule has 0 fully saturated rings. The Hall–Kier alpha value is -1.71. The second-order valence-corrected chi connectivity index (χ2v) is 3.89. The van der Waals surface area contributed by atoms with Crippen LogP contribution >= 0.6 is 11.6 Å². The van der Waals surface area contributed by atoms with Gasteiger partial charge in [-0.3, -0.25) is 4.79 Å². The number of carbonyl (C=O) groups is 1. The van der Waals surface area contributed by atoms with E-state index in [-0.39, 0.29) is 17.6 Å². The van der Waals surface area contributed by atoms with Crippen LogP contribution in [0.25, 0.3) is 10.4 Å². The summed E-state index contributed by atoms with van der Waals surface area (Å²) in [5.74, 6) is -0.221. The summed E-state index contributed by atoms with van der Waals surface area (Å²) in [4.78, 5) is 14.3. The molecule has 1 rings (SSSR count). The van der Waals surface area contributed by atoms with Crippen molar-refractivity contribution in [1.82, 2.24) is 5.32 Å². The molecule has 1 amide bonds. The number of benzene rings is 1. The van der Waals surface area contributed by atoms with Crippen molar-refractivity contribution in [2.24, 2.45) is 5.11 Å². The Bertz CT molecular complexity index is 452. The number of nitrogens with one attached hydrogen (secondary N) is 1. The highest BCUT2D eigenvalue weighted by molar-refractivity contribution is 6.33. The van der Waals surface area contributed by atoms with E-state index in [1.165, 1.54) is 12.1 Å². The van der Waals surface area contributed by atoms with E-state index < -0.39 is 0 Å². The summed E-state index contributed by atoms with van der Waals surface area (Å²) in [6.45, 7) is 3.73. The number of amides is 1. The molecular formula is C10H11ClN4O. The van der Waals surface area contributed by atoms with Gasteiger partial charge in [-0.25, -0.2) is 0 Å². The quantitative estimate of drug-likeness (QED) is 0.489. The predicted molar refractivity (Wildman–Crippen MR) is 62.9 cm³/mol. The summed E-state index contributed by atoms with van der Waals surface area (Å²) in [5, 5.41) is 6.45. The SMILES string of the molecule is CC(C)NC(=O)c1ccc(Cl)c(N=[N+]=[N-])c1. The minimum Gasteiger partial charge on any atom is -0.350 e. The molecule has 0 atom stereocenters. The number of nitrogens with zero attached hydrogens (tertiary/aromatic N) is 3. The van der Waals surface area contributed by atoms with Gasteiger partial charge in [-0.15, -0.1) is 0 Å². The van der Waals surface area contributed by atoms with Crippen molar-refractivity contribution in [3.63, 3.8) is 0 Å². The zero-order chi connectivity index (χ0) is 12.1. The summed E-state index contributed by atoms with van der Waals surface area (Å²) in [6.07, 6.45) is 0. The lowest BCUT2D eigenvalue weighted by molar-refractivity contribution is 0.0943. The van der Waals surface area contributed by atoms with E-state index >= 15 is 0 Å². The van der Waals surface area contributed by atoms with Crippen LogP contribution in [-0.2, 0) is 0 Å². The maximum Gasteiger partial charge on any atom is 0.251 e. The van der Waals surface area contributed by atoms with E-state index in [0.717, 1.165) is 0 Å². The molecule has 0 aliphatic rings. The normalized spacial score (nSPS) is 9.75. The average molecular weight is 239 g/mol. The Morgan fingerprint density at radius 2 is 2.25 bits per heavy atom. The maximum atomic E-state index is 11.6. The lowest BCUT2D eigenvalue weighted by Crippen LogP contribution is -2.29. The summed E-state index contributed by atoms with van der Waals surface area (Å²) in [5.41, 5.74) is 8.99.